The Morgan fingerprint density at radius 3 is 2.50 bits per heavy atom. The minimum Gasteiger partial charge on any atom is -0.434 e. The fourth-order valence-corrected chi connectivity index (χ4v) is 1.27. The molecule has 0 radical (unpaired) electrons. The average Bonchev–Trinajstić information content (AvgIpc) is 2.27. The van der Waals surface area contributed by atoms with E-state index >= 15 is 0 Å². The van der Waals surface area contributed by atoms with Crippen molar-refractivity contribution in [2.24, 2.45) is 0 Å². The van der Waals surface area contributed by atoms with Gasteiger partial charge in [0.2, 0.25) is 0 Å². The minimum atomic E-state index is -0.615. The van der Waals surface area contributed by atoms with E-state index in [4.69, 9.17) is 9.47 Å². The zero-order chi connectivity index (χ0) is 13.4. The molecule has 0 aliphatic carbocycles. The third kappa shape index (κ3) is 6.74. The fourth-order valence-electron chi connectivity index (χ4n) is 1.27. The number of ether oxygens (including phenoxy) is 2. The van der Waals surface area contributed by atoms with Crippen LogP contribution in [-0.2, 0) is 9.47 Å². The van der Waals surface area contributed by atoms with Crippen LogP contribution >= 0.6 is 0 Å². The largest absolute Gasteiger partial charge is 0.508 e. The Hall–Kier alpha value is -1.77. The molecule has 0 unspecified atom stereocenters. The van der Waals surface area contributed by atoms with Crippen molar-refractivity contribution >= 4 is 12.2 Å². The fraction of sp³-hybridized carbons (Fsp3) is 0.400. The van der Waals surface area contributed by atoms with E-state index in [1.54, 1.807) is 0 Å². The normalized spacial score (nSPS) is 11.5. The second kappa shape index (κ2) is 6.84. The maximum Gasteiger partial charge on any atom is 0.508 e. The molecule has 18 heavy (non-hydrogen) atoms. The van der Waals surface area contributed by atoms with Crippen LogP contribution in [0.25, 0.3) is 6.08 Å². The second-order valence-corrected chi connectivity index (χ2v) is 4.91. The van der Waals surface area contributed by atoms with Gasteiger partial charge in [0, 0.05) is 6.42 Å². The summed E-state index contributed by atoms with van der Waals surface area (Å²) in [5.74, 6) is 0. The number of carbonyl (C=O) groups excluding carboxylic acids is 1. The summed E-state index contributed by atoms with van der Waals surface area (Å²) in [6.07, 6.45) is 4.03. The van der Waals surface area contributed by atoms with E-state index in [1.165, 1.54) is 0 Å². The van der Waals surface area contributed by atoms with Gasteiger partial charge in [-0.05, 0) is 26.3 Å². The summed E-state index contributed by atoms with van der Waals surface area (Å²) >= 11 is 0. The number of rotatable bonds is 4. The Labute approximate surface area is 108 Å². The van der Waals surface area contributed by atoms with Crippen molar-refractivity contribution in [1.82, 2.24) is 0 Å². The SMILES string of the molecule is CC(C)(C)OC(=O)OCCC=Cc1ccccc1. The summed E-state index contributed by atoms with van der Waals surface area (Å²) in [4.78, 5) is 11.2. The van der Waals surface area contributed by atoms with E-state index in [9.17, 15) is 4.79 Å². The molecule has 0 spiro atoms. The summed E-state index contributed by atoms with van der Waals surface area (Å²) in [7, 11) is 0. The van der Waals surface area contributed by atoms with Gasteiger partial charge in [-0.3, -0.25) is 0 Å². The van der Waals surface area contributed by atoms with Crippen LogP contribution in [0.1, 0.15) is 32.8 Å². The third-order valence-corrected chi connectivity index (χ3v) is 2.00. The maximum atomic E-state index is 11.2. The van der Waals surface area contributed by atoms with Crippen LogP contribution in [0.15, 0.2) is 36.4 Å². The van der Waals surface area contributed by atoms with Crippen molar-refractivity contribution in [3.05, 3.63) is 42.0 Å². The monoisotopic (exact) mass is 248 g/mol. The molecule has 1 aromatic rings. The Morgan fingerprint density at radius 2 is 1.89 bits per heavy atom. The quantitative estimate of drug-likeness (QED) is 0.596. The lowest BCUT2D eigenvalue weighted by Crippen LogP contribution is -2.24. The predicted octanol–water partition coefficient (Wildman–Crippen LogP) is 4.04. The van der Waals surface area contributed by atoms with Crippen molar-refractivity contribution in [3.63, 3.8) is 0 Å². The smallest absolute Gasteiger partial charge is 0.434 e. The van der Waals surface area contributed by atoms with Crippen molar-refractivity contribution in [2.75, 3.05) is 6.61 Å². The van der Waals surface area contributed by atoms with Gasteiger partial charge in [-0.25, -0.2) is 4.79 Å². The molecule has 1 aromatic carbocycles. The van der Waals surface area contributed by atoms with Crippen LogP contribution in [0.3, 0.4) is 0 Å². The van der Waals surface area contributed by atoms with E-state index in [1.807, 2.05) is 63.3 Å². The minimum absolute atomic E-state index is 0.332. The van der Waals surface area contributed by atoms with Crippen molar-refractivity contribution in [1.29, 1.82) is 0 Å². The molecular formula is C15H20O3. The number of hydrogen-bond donors (Lipinski definition) is 0. The number of carbonyl (C=O) groups is 1. The molecule has 0 N–H and O–H groups in total. The highest BCUT2D eigenvalue weighted by atomic mass is 16.7. The molecule has 0 saturated heterocycles. The molecule has 1 rings (SSSR count). The first-order valence-electron chi connectivity index (χ1n) is 6.05. The molecule has 3 heteroatoms. The number of hydrogen-bond acceptors (Lipinski definition) is 3. The molecule has 3 nitrogen and oxygen atoms in total. The third-order valence-electron chi connectivity index (χ3n) is 2.00. The molecular weight excluding hydrogens is 228 g/mol. The molecule has 0 saturated carbocycles. The lowest BCUT2D eigenvalue weighted by atomic mass is 10.2. The van der Waals surface area contributed by atoms with Gasteiger partial charge in [0.15, 0.2) is 0 Å². The summed E-state index contributed by atoms with van der Waals surface area (Å²) in [5.41, 5.74) is 0.631. The Morgan fingerprint density at radius 1 is 1.22 bits per heavy atom. The Balaban J connectivity index is 2.19. The van der Waals surface area contributed by atoms with Crippen molar-refractivity contribution in [2.45, 2.75) is 32.8 Å². The molecule has 0 aliphatic rings. The second-order valence-electron chi connectivity index (χ2n) is 4.91. The van der Waals surface area contributed by atoms with Gasteiger partial charge in [-0.1, -0.05) is 42.5 Å². The molecule has 0 amide bonds. The standard InChI is InChI=1S/C15H20O3/c1-15(2,3)18-14(16)17-12-8-7-11-13-9-5-4-6-10-13/h4-7,9-11H,8,12H2,1-3H3. The van der Waals surface area contributed by atoms with Crippen LogP contribution in [0, 0.1) is 0 Å². The first-order chi connectivity index (χ1) is 8.47. The lowest BCUT2D eigenvalue weighted by Gasteiger charge is -2.18. The highest BCUT2D eigenvalue weighted by molar-refractivity contribution is 5.60. The summed E-state index contributed by atoms with van der Waals surface area (Å²) in [5, 5.41) is 0. The predicted molar refractivity (Wildman–Crippen MR) is 72.3 cm³/mol. The van der Waals surface area contributed by atoms with Gasteiger partial charge in [0.1, 0.15) is 5.60 Å². The van der Waals surface area contributed by atoms with E-state index in [2.05, 4.69) is 0 Å². The van der Waals surface area contributed by atoms with E-state index < -0.39 is 11.8 Å². The van der Waals surface area contributed by atoms with Crippen LogP contribution in [0.2, 0.25) is 0 Å². The highest BCUT2D eigenvalue weighted by Gasteiger charge is 2.16. The molecule has 0 heterocycles. The van der Waals surface area contributed by atoms with Crippen LogP contribution in [0.4, 0.5) is 4.79 Å². The molecule has 0 fully saturated rings. The average molecular weight is 248 g/mol. The van der Waals surface area contributed by atoms with Crippen molar-refractivity contribution < 1.29 is 14.3 Å². The first kappa shape index (κ1) is 14.3. The molecule has 0 atom stereocenters. The highest BCUT2D eigenvalue weighted by Crippen LogP contribution is 2.08. The number of benzene rings is 1. The zero-order valence-electron chi connectivity index (χ0n) is 11.2. The summed E-state index contributed by atoms with van der Waals surface area (Å²) < 4.78 is 9.96. The molecule has 0 aromatic heterocycles. The van der Waals surface area contributed by atoms with Gasteiger partial charge in [-0.2, -0.15) is 0 Å². The molecule has 0 aliphatic heterocycles. The van der Waals surface area contributed by atoms with Gasteiger partial charge in [0.25, 0.3) is 0 Å². The van der Waals surface area contributed by atoms with Gasteiger partial charge in [-0.15, -0.1) is 0 Å². The summed E-state index contributed by atoms with van der Waals surface area (Å²) in [6, 6.07) is 9.98. The zero-order valence-corrected chi connectivity index (χ0v) is 11.2. The van der Waals surface area contributed by atoms with E-state index in [0.717, 1.165) is 5.56 Å². The van der Waals surface area contributed by atoms with Crippen molar-refractivity contribution in [3.8, 4) is 0 Å². The molecule has 0 bridgehead atoms. The van der Waals surface area contributed by atoms with Gasteiger partial charge >= 0.3 is 6.16 Å². The first-order valence-corrected chi connectivity index (χ1v) is 6.05. The van der Waals surface area contributed by atoms with Crippen LogP contribution in [0.5, 0.6) is 0 Å². The van der Waals surface area contributed by atoms with E-state index in [-0.39, 0.29) is 0 Å². The Kier molecular flexibility index (Phi) is 5.43. The van der Waals surface area contributed by atoms with Gasteiger partial charge in [0.05, 0.1) is 6.61 Å². The Bertz CT molecular complexity index is 388. The maximum absolute atomic E-state index is 11.2. The lowest BCUT2D eigenvalue weighted by molar-refractivity contribution is -0.00637. The van der Waals surface area contributed by atoms with Crippen LogP contribution < -0.4 is 0 Å². The van der Waals surface area contributed by atoms with Crippen LogP contribution in [-0.4, -0.2) is 18.4 Å². The topological polar surface area (TPSA) is 35.5 Å². The van der Waals surface area contributed by atoms with E-state index in [0.29, 0.717) is 13.0 Å². The van der Waals surface area contributed by atoms with Gasteiger partial charge < -0.3 is 9.47 Å². The molecule has 98 valence electrons. The summed E-state index contributed by atoms with van der Waals surface area (Å²) in [6.45, 7) is 5.76.